The maximum Gasteiger partial charge on any atom is 0.488 e. The number of benzene rings is 3. The molecule has 1 aliphatic carbocycles. The Kier molecular flexibility index (Phi) is 8.26. The van der Waals surface area contributed by atoms with Gasteiger partial charge in [0.05, 0.1) is 0 Å². The van der Waals surface area contributed by atoms with Gasteiger partial charge in [0.1, 0.15) is 11.5 Å². The third-order valence-electron chi connectivity index (χ3n) is 6.81. The van der Waals surface area contributed by atoms with E-state index in [1.54, 1.807) is 36.4 Å². The summed E-state index contributed by atoms with van der Waals surface area (Å²) in [5.41, 5.74) is 4.67. The van der Waals surface area contributed by atoms with Crippen LogP contribution in [0.5, 0.6) is 11.5 Å². The second-order valence-electron chi connectivity index (χ2n) is 10.5. The van der Waals surface area contributed by atoms with Crippen LogP contribution in [0.3, 0.4) is 0 Å². The van der Waals surface area contributed by atoms with E-state index >= 15 is 0 Å². The Labute approximate surface area is 209 Å². The lowest BCUT2D eigenvalue weighted by Gasteiger charge is -2.36. The van der Waals surface area contributed by atoms with Crippen molar-refractivity contribution in [3.63, 3.8) is 0 Å². The molecule has 0 aromatic heterocycles. The summed E-state index contributed by atoms with van der Waals surface area (Å²) in [4.78, 5) is 11.7. The molecule has 3 aromatic rings. The number of hydrogen-bond donors (Lipinski definition) is 3. The van der Waals surface area contributed by atoms with Crippen molar-refractivity contribution in [3.8, 4) is 22.6 Å². The Bertz CT molecular complexity index is 1150. The lowest BCUT2D eigenvalue weighted by molar-refractivity contribution is 0.0972. The molecule has 0 amide bonds. The van der Waals surface area contributed by atoms with E-state index in [4.69, 9.17) is 14.5 Å². The van der Waals surface area contributed by atoms with Gasteiger partial charge in [-0.3, -0.25) is 4.79 Å². The van der Waals surface area contributed by atoms with Crippen molar-refractivity contribution in [2.75, 3.05) is 0 Å². The van der Waals surface area contributed by atoms with E-state index < -0.39 is 15.4 Å². The third kappa shape index (κ3) is 6.84. The summed E-state index contributed by atoms with van der Waals surface area (Å²) < 4.78 is 6.08. The van der Waals surface area contributed by atoms with Crippen molar-refractivity contribution in [1.29, 1.82) is 0 Å². The maximum atomic E-state index is 11.7. The minimum atomic E-state index is -1.82. The topological polar surface area (TPSA) is 87.0 Å². The minimum absolute atomic E-state index is 0.155. The number of aryl methyl sites for hydroxylation is 1. The zero-order chi connectivity index (χ0) is 25.8. The van der Waals surface area contributed by atoms with E-state index in [0.29, 0.717) is 11.9 Å². The zero-order valence-corrected chi connectivity index (χ0v) is 22.2. The highest BCUT2D eigenvalue weighted by Crippen LogP contribution is 2.37. The third-order valence-corrected chi connectivity index (χ3v) is 11.2. The molecule has 184 valence electrons. The fourth-order valence-electron chi connectivity index (χ4n) is 3.64. The van der Waals surface area contributed by atoms with E-state index in [9.17, 15) is 9.90 Å². The highest BCUT2D eigenvalue weighted by Gasteiger charge is 2.38. The number of carbonyl (C=O) groups excluding carboxylic acids is 1. The largest absolute Gasteiger partial charge is 0.544 e. The van der Waals surface area contributed by atoms with E-state index in [0.717, 1.165) is 40.8 Å². The van der Waals surface area contributed by atoms with Crippen molar-refractivity contribution in [1.82, 2.24) is 0 Å². The number of hydrogen-bond acceptors (Lipinski definition) is 5. The molecule has 0 atom stereocenters. The molecular formula is C28H35BO5Si. The molecule has 3 aromatic carbocycles. The molecule has 0 fully saturated rings. The molecule has 0 saturated carbocycles. The monoisotopic (exact) mass is 490 g/mol. The van der Waals surface area contributed by atoms with Crippen molar-refractivity contribution in [2.45, 2.75) is 58.2 Å². The number of Topliss-reactive ketones (excluding diaryl/α,β-unsaturated/α-hetero) is 1. The van der Waals surface area contributed by atoms with Crippen molar-refractivity contribution >= 4 is 26.7 Å². The lowest BCUT2D eigenvalue weighted by Crippen LogP contribution is -2.44. The van der Waals surface area contributed by atoms with E-state index in [2.05, 4.69) is 39.9 Å². The standard InChI is InChI=1S/C16H14O2.C12H21BO3Si/c17-14-7-4-11(5-8-14)12-6-9-15-13(10-12)2-1-3-16(15)18;1-12(2,3)17(4,5)16-11-8-6-10(7-9-11)13(14)15/h4-10,17H,1-3H2;6-9,14-15H,1-5H3. The van der Waals surface area contributed by atoms with E-state index in [1.807, 2.05) is 24.3 Å². The first-order chi connectivity index (χ1) is 16.4. The van der Waals surface area contributed by atoms with Crippen LogP contribution in [0.4, 0.5) is 0 Å². The van der Waals surface area contributed by atoms with Crippen LogP contribution >= 0.6 is 0 Å². The van der Waals surface area contributed by atoms with Crippen LogP contribution in [-0.2, 0) is 6.42 Å². The lowest BCUT2D eigenvalue weighted by atomic mass is 9.80. The maximum absolute atomic E-state index is 11.7. The molecule has 0 spiro atoms. The Morgan fingerprint density at radius 3 is 2.03 bits per heavy atom. The summed E-state index contributed by atoms with van der Waals surface area (Å²) in [7, 11) is -3.23. The van der Waals surface area contributed by atoms with Gasteiger partial charge in [0.25, 0.3) is 0 Å². The smallest absolute Gasteiger partial charge is 0.488 e. The van der Waals surface area contributed by atoms with Crippen LogP contribution < -0.4 is 9.89 Å². The first-order valence-corrected chi connectivity index (χ1v) is 14.9. The molecule has 35 heavy (non-hydrogen) atoms. The molecule has 0 bridgehead atoms. The number of fused-ring (bicyclic) bond motifs is 1. The molecule has 0 saturated heterocycles. The van der Waals surface area contributed by atoms with Gasteiger partial charge < -0.3 is 19.6 Å². The molecule has 0 aliphatic heterocycles. The Morgan fingerprint density at radius 1 is 0.857 bits per heavy atom. The first kappa shape index (κ1) is 26.7. The van der Waals surface area contributed by atoms with Gasteiger partial charge in [0, 0.05) is 12.0 Å². The summed E-state index contributed by atoms with van der Waals surface area (Å²) in [5, 5.41) is 27.4. The molecule has 4 rings (SSSR count). The van der Waals surface area contributed by atoms with Gasteiger partial charge in [-0.05, 0) is 77.4 Å². The molecule has 3 N–H and O–H groups in total. The fraction of sp³-hybridized carbons (Fsp3) is 0.321. The minimum Gasteiger partial charge on any atom is -0.544 e. The van der Waals surface area contributed by atoms with Gasteiger partial charge in [-0.25, -0.2) is 0 Å². The number of ketones is 1. The van der Waals surface area contributed by atoms with Gasteiger partial charge in [0.15, 0.2) is 5.78 Å². The first-order valence-electron chi connectivity index (χ1n) is 12.0. The summed E-state index contributed by atoms with van der Waals surface area (Å²) in [6.07, 6.45) is 2.60. The average molecular weight is 490 g/mol. The molecule has 0 heterocycles. The molecule has 0 radical (unpaired) electrons. The van der Waals surface area contributed by atoms with Crippen molar-refractivity contribution < 1.29 is 24.4 Å². The molecule has 0 unspecified atom stereocenters. The second kappa shape index (κ2) is 10.8. The molecule has 5 nitrogen and oxygen atoms in total. The normalized spacial score (nSPS) is 13.4. The highest BCUT2D eigenvalue weighted by molar-refractivity contribution is 6.74. The van der Waals surface area contributed by atoms with Crippen LogP contribution in [0.25, 0.3) is 11.1 Å². The second-order valence-corrected chi connectivity index (χ2v) is 15.2. The van der Waals surface area contributed by atoms with Gasteiger partial charge in [-0.1, -0.05) is 63.2 Å². The van der Waals surface area contributed by atoms with E-state index in [1.165, 1.54) is 0 Å². The van der Waals surface area contributed by atoms with Gasteiger partial charge >= 0.3 is 7.12 Å². The number of phenolic OH excluding ortho intramolecular Hbond substituents is 1. The summed E-state index contributed by atoms with van der Waals surface area (Å²) in [6.45, 7) is 10.9. The highest BCUT2D eigenvalue weighted by atomic mass is 28.4. The molecular weight excluding hydrogens is 455 g/mol. The van der Waals surface area contributed by atoms with Gasteiger partial charge in [-0.2, -0.15) is 0 Å². The predicted molar refractivity (Wildman–Crippen MR) is 145 cm³/mol. The number of carbonyl (C=O) groups is 1. The number of rotatable bonds is 4. The SMILES string of the molecule is CC(C)(C)[Si](C)(C)Oc1ccc(B(O)O)cc1.O=C1CCCc2cc(-c3ccc(O)cc3)ccc21. The van der Waals surface area contributed by atoms with Crippen LogP contribution in [0.1, 0.15) is 49.5 Å². The Hall–Kier alpha value is -2.87. The Morgan fingerprint density at radius 2 is 1.46 bits per heavy atom. The van der Waals surface area contributed by atoms with Gasteiger partial charge in [0.2, 0.25) is 8.32 Å². The number of aromatic hydroxyl groups is 1. The van der Waals surface area contributed by atoms with Crippen molar-refractivity contribution in [3.05, 3.63) is 77.9 Å². The van der Waals surface area contributed by atoms with Crippen LogP contribution in [0.2, 0.25) is 18.1 Å². The molecule has 1 aliphatic rings. The summed E-state index contributed by atoms with van der Waals surface area (Å²) in [5.74, 6) is 1.32. The summed E-state index contributed by atoms with van der Waals surface area (Å²) in [6, 6.07) is 20.1. The molecule has 7 heteroatoms. The van der Waals surface area contributed by atoms with Crippen LogP contribution in [0, 0.1) is 0 Å². The Balaban J connectivity index is 0.000000196. The van der Waals surface area contributed by atoms with Gasteiger partial charge in [-0.15, -0.1) is 0 Å². The quantitative estimate of drug-likeness (QED) is 0.431. The summed E-state index contributed by atoms with van der Waals surface area (Å²) >= 11 is 0. The van der Waals surface area contributed by atoms with Crippen LogP contribution in [0.15, 0.2) is 66.7 Å². The zero-order valence-electron chi connectivity index (χ0n) is 21.2. The van der Waals surface area contributed by atoms with Crippen LogP contribution in [-0.4, -0.2) is 36.4 Å². The predicted octanol–water partition coefficient (Wildman–Crippen LogP) is 5.33. The fourth-order valence-corrected chi connectivity index (χ4v) is 4.67. The van der Waals surface area contributed by atoms with Crippen molar-refractivity contribution in [2.24, 2.45) is 0 Å². The van der Waals surface area contributed by atoms with E-state index in [-0.39, 0.29) is 16.6 Å². The average Bonchev–Trinajstić information content (AvgIpc) is 2.79. The number of phenols is 1.